The topological polar surface area (TPSA) is 12.9 Å². The van der Waals surface area contributed by atoms with E-state index in [1.165, 1.54) is 4.70 Å². The summed E-state index contributed by atoms with van der Waals surface area (Å²) in [7, 11) is 0. The normalized spacial score (nSPS) is 9.62. The van der Waals surface area contributed by atoms with Crippen LogP contribution < -0.4 is 0 Å². The molecule has 0 spiro atoms. The Morgan fingerprint density at radius 2 is 2.38 bits per heavy atom. The molecular weight excluding hydrogens is 198 g/mol. The third kappa shape index (κ3) is 1.85. The van der Waals surface area contributed by atoms with E-state index >= 15 is 0 Å². The highest BCUT2D eigenvalue weighted by atomic mass is 32.1. The molecule has 0 N–H and O–H groups in total. The molecule has 3 heteroatoms. The molecule has 0 saturated carbocycles. The number of aromatic nitrogens is 1. The molecule has 1 aromatic heterocycles. The maximum atomic E-state index is 4.22. The van der Waals surface area contributed by atoms with Crippen LogP contribution in [0.3, 0.4) is 0 Å². The zero-order valence-electron chi connectivity index (χ0n) is 6.82. The fraction of sp³-hybridized carbons (Fsp3) is 0.100. The Labute approximate surface area is 86.2 Å². The molecule has 0 aliphatic heterocycles. The van der Waals surface area contributed by atoms with Crippen molar-refractivity contribution in [2.75, 3.05) is 5.75 Å². The van der Waals surface area contributed by atoms with E-state index < -0.39 is 0 Å². The van der Waals surface area contributed by atoms with Gasteiger partial charge in [0.05, 0.1) is 21.5 Å². The van der Waals surface area contributed by atoms with E-state index in [2.05, 4.69) is 35.5 Å². The molecule has 0 atom stereocenters. The van der Waals surface area contributed by atoms with E-state index in [4.69, 9.17) is 0 Å². The van der Waals surface area contributed by atoms with Crippen molar-refractivity contribution in [2.24, 2.45) is 0 Å². The van der Waals surface area contributed by atoms with Gasteiger partial charge in [-0.15, -0.1) is 11.3 Å². The number of thiol groups is 1. The van der Waals surface area contributed by atoms with E-state index in [1.54, 1.807) is 11.3 Å². The number of nitrogens with zero attached hydrogens (tertiary/aromatic N) is 1. The molecule has 0 unspecified atom stereocenters. The van der Waals surface area contributed by atoms with Gasteiger partial charge in [0.15, 0.2) is 0 Å². The molecule has 2 aromatic rings. The van der Waals surface area contributed by atoms with Crippen LogP contribution in [0.25, 0.3) is 10.2 Å². The Morgan fingerprint density at radius 3 is 3.23 bits per heavy atom. The van der Waals surface area contributed by atoms with E-state index in [0.29, 0.717) is 5.75 Å². The molecule has 0 aliphatic rings. The van der Waals surface area contributed by atoms with E-state index in [9.17, 15) is 0 Å². The number of benzene rings is 1. The van der Waals surface area contributed by atoms with Crippen LogP contribution in [0, 0.1) is 11.8 Å². The molecule has 1 heterocycles. The van der Waals surface area contributed by atoms with Gasteiger partial charge in [-0.1, -0.05) is 11.8 Å². The maximum absolute atomic E-state index is 4.22. The molecule has 2 rings (SSSR count). The van der Waals surface area contributed by atoms with Gasteiger partial charge in [-0.2, -0.15) is 12.6 Å². The lowest BCUT2D eigenvalue weighted by Gasteiger charge is -1.89. The molecule has 1 nitrogen and oxygen atoms in total. The molecule has 1 aromatic carbocycles. The van der Waals surface area contributed by atoms with Crippen LogP contribution in [-0.2, 0) is 0 Å². The van der Waals surface area contributed by atoms with Gasteiger partial charge in [-0.25, -0.2) is 4.98 Å². The second kappa shape index (κ2) is 3.82. The van der Waals surface area contributed by atoms with Crippen molar-refractivity contribution < 1.29 is 0 Å². The average Bonchev–Trinajstić information content (AvgIpc) is 2.61. The molecular formula is C10H7NS2. The summed E-state index contributed by atoms with van der Waals surface area (Å²) in [4.78, 5) is 4.22. The van der Waals surface area contributed by atoms with Gasteiger partial charge in [0, 0.05) is 5.56 Å². The van der Waals surface area contributed by atoms with Gasteiger partial charge in [0.25, 0.3) is 0 Å². The molecule has 13 heavy (non-hydrogen) atoms. The minimum atomic E-state index is 0.592. The Bertz CT molecular complexity index is 476. The summed E-state index contributed by atoms with van der Waals surface area (Å²) in [5, 5.41) is 0. The fourth-order valence-corrected chi connectivity index (χ4v) is 1.82. The van der Waals surface area contributed by atoms with Gasteiger partial charge < -0.3 is 0 Å². The maximum Gasteiger partial charge on any atom is 0.0824 e. The van der Waals surface area contributed by atoms with E-state index in [-0.39, 0.29) is 0 Å². The standard InChI is InChI=1S/C10H7NS2/c12-5-1-2-8-3-4-10-9(6-8)11-7-13-10/h3-4,6-7,12H,5H2. The molecule has 0 saturated heterocycles. The van der Waals surface area contributed by atoms with Crippen molar-refractivity contribution in [3.8, 4) is 11.8 Å². The van der Waals surface area contributed by atoms with Crippen molar-refractivity contribution in [3.05, 3.63) is 29.3 Å². The lowest BCUT2D eigenvalue weighted by Crippen LogP contribution is -1.74. The minimum Gasteiger partial charge on any atom is -0.245 e. The largest absolute Gasteiger partial charge is 0.245 e. The first-order chi connectivity index (χ1) is 6.40. The van der Waals surface area contributed by atoms with Crippen LogP contribution in [0.15, 0.2) is 23.7 Å². The minimum absolute atomic E-state index is 0.592. The van der Waals surface area contributed by atoms with Gasteiger partial charge in [0.2, 0.25) is 0 Å². The summed E-state index contributed by atoms with van der Waals surface area (Å²) in [6.45, 7) is 0. The van der Waals surface area contributed by atoms with Crippen molar-refractivity contribution >= 4 is 34.2 Å². The lowest BCUT2D eigenvalue weighted by atomic mass is 10.2. The van der Waals surface area contributed by atoms with Crippen molar-refractivity contribution in [1.82, 2.24) is 4.98 Å². The molecule has 0 aliphatic carbocycles. The highest BCUT2D eigenvalue weighted by molar-refractivity contribution is 7.80. The monoisotopic (exact) mass is 205 g/mol. The van der Waals surface area contributed by atoms with Gasteiger partial charge >= 0.3 is 0 Å². The van der Waals surface area contributed by atoms with Crippen molar-refractivity contribution in [1.29, 1.82) is 0 Å². The molecule has 0 bridgehead atoms. The van der Waals surface area contributed by atoms with E-state index in [0.717, 1.165) is 11.1 Å². The smallest absolute Gasteiger partial charge is 0.0824 e. The summed E-state index contributed by atoms with van der Waals surface area (Å²) in [6, 6.07) is 6.06. The van der Waals surface area contributed by atoms with Gasteiger partial charge in [-0.3, -0.25) is 0 Å². The van der Waals surface area contributed by atoms with Gasteiger partial charge in [-0.05, 0) is 18.2 Å². The Balaban J connectivity index is 2.48. The van der Waals surface area contributed by atoms with Crippen LogP contribution in [0.1, 0.15) is 5.56 Å². The summed E-state index contributed by atoms with van der Waals surface area (Å²) in [5.74, 6) is 6.52. The zero-order chi connectivity index (χ0) is 9.10. The van der Waals surface area contributed by atoms with E-state index in [1.807, 2.05) is 17.6 Å². The van der Waals surface area contributed by atoms with Crippen molar-refractivity contribution in [3.63, 3.8) is 0 Å². The summed E-state index contributed by atoms with van der Waals surface area (Å²) in [6.07, 6.45) is 0. The number of hydrogen-bond acceptors (Lipinski definition) is 3. The Morgan fingerprint density at radius 1 is 1.46 bits per heavy atom. The zero-order valence-corrected chi connectivity index (χ0v) is 8.53. The van der Waals surface area contributed by atoms with Crippen LogP contribution in [0.2, 0.25) is 0 Å². The highest BCUT2D eigenvalue weighted by Crippen LogP contribution is 2.18. The Hall–Kier alpha value is -0.980. The predicted octanol–water partition coefficient (Wildman–Crippen LogP) is 2.58. The van der Waals surface area contributed by atoms with Crippen LogP contribution in [0.5, 0.6) is 0 Å². The summed E-state index contributed by atoms with van der Waals surface area (Å²) >= 11 is 5.67. The highest BCUT2D eigenvalue weighted by Gasteiger charge is 1.95. The first-order valence-electron chi connectivity index (χ1n) is 3.83. The average molecular weight is 205 g/mol. The number of rotatable bonds is 0. The summed E-state index contributed by atoms with van der Waals surface area (Å²) in [5.41, 5.74) is 3.88. The molecule has 0 amide bonds. The second-order valence-corrected chi connectivity index (χ2v) is 3.70. The van der Waals surface area contributed by atoms with Crippen LogP contribution in [-0.4, -0.2) is 10.7 Å². The Kier molecular flexibility index (Phi) is 2.53. The number of hydrogen-bond donors (Lipinski definition) is 1. The predicted molar refractivity (Wildman–Crippen MR) is 60.4 cm³/mol. The third-order valence-corrected chi connectivity index (χ3v) is 2.61. The van der Waals surface area contributed by atoms with Crippen LogP contribution in [0.4, 0.5) is 0 Å². The lowest BCUT2D eigenvalue weighted by molar-refractivity contribution is 1.49. The first kappa shape index (κ1) is 8.61. The molecule has 0 fully saturated rings. The van der Waals surface area contributed by atoms with Crippen LogP contribution >= 0.6 is 24.0 Å². The van der Waals surface area contributed by atoms with Gasteiger partial charge in [0.1, 0.15) is 0 Å². The summed E-state index contributed by atoms with van der Waals surface area (Å²) < 4.78 is 1.21. The number of fused-ring (bicyclic) bond motifs is 1. The second-order valence-electron chi connectivity index (χ2n) is 2.49. The van der Waals surface area contributed by atoms with Crippen molar-refractivity contribution in [2.45, 2.75) is 0 Å². The fourth-order valence-electron chi connectivity index (χ4n) is 1.08. The molecule has 0 radical (unpaired) electrons. The third-order valence-electron chi connectivity index (χ3n) is 1.64. The first-order valence-corrected chi connectivity index (χ1v) is 5.34. The SMILES string of the molecule is SCC#Cc1ccc2scnc2c1. The quantitative estimate of drug-likeness (QED) is 0.515. The number of thiazole rings is 1. The molecule has 64 valence electrons.